The minimum absolute atomic E-state index is 0. The number of fused-ring (bicyclic) bond motifs is 6. The number of aryl methyl sites for hydroxylation is 2. The van der Waals surface area contributed by atoms with E-state index in [2.05, 4.69) is 112 Å². The summed E-state index contributed by atoms with van der Waals surface area (Å²) in [5.74, 6) is 0.386. The van der Waals surface area contributed by atoms with Crippen molar-refractivity contribution in [1.29, 1.82) is 0 Å². The fourth-order valence-electron chi connectivity index (χ4n) is 8.02. The number of hydrogen-bond donors (Lipinski definition) is 0. The van der Waals surface area contributed by atoms with Crippen molar-refractivity contribution < 1.29 is 37.2 Å². The molecule has 0 saturated carbocycles. The van der Waals surface area contributed by atoms with Gasteiger partial charge in [0.1, 0.15) is 0 Å². The Morgan fingerprint density at radius 3 is 2.13 bits per heavy atom. The summed E-state index contributed by atoms with van der Waals surface area (Å²) in [5.41, 5.74) is 12.0. The third kappa shape index (κ3) is 7.80. The molecule has 0 aliphatic rings. The summed E-state index contributed by atoms with van der Waals surface area (Å²) in [6, 6.07) is 46.1. The summed E-state index contributed by atoms with van der Waals surface area (Å²) in [6.07, 6.45) is 1.95. The Balaban J connectivity index is 0.000000312. The number of aromatic nitrogens is 4. The van der Waals surface area contributed by atoms with Crippen LogP contribution in [0.25, 0.3) is 83.5 Å². The van der Waals surface area contributed by atoms with Gasteiger partial charge in [0.15, 0.2) is 22.6 Å². The Hall–Kier alpha value is -6.14. The molecule has 7 heteroatoms. The molecule has 10 rings (SSSR count). The van der Waals surface area contributed by atoms with E-state index in [0.29, 0.717) is 22.2 Å². The molecular weight excluding hydrogens is 941 g/mol. The molecule has 6 nitrogen and oxygen atoms in total. The number of pyridine rings is 1. The van der Waals surface area contributed by atoms with Crippen molar-refractivity contribution in [3.05, 3.63) is 168 Å². The summed E-state index contributed by atoms with van der Waals surface area (Å²) < 4.78 is 63.2. The standard InChI is InChI=1S/C40H34N3O2.C15H16N.Ir/c1-22(2)30-20-27(26-12-8-7-9-13-26)21-31(23(3)4)37(30)43-33-15-11-10-14-32(33)42-40(43)29-17-16-24(5)35-28-18-19-34-36(41-25(6)44-34)39(28)45-38(29)35;1-15(2,3)13-9-10-14(16-11-13)12-7-5-4-6-8-12;/h7-16,18-23H,1-6H3;4-7,9-11H,1-3H3;/q2*-1;/i5D3,6D3;;. The quantitative estimate of drug-likeness (QED) is 0.155. The van der Waals surface area contributed by atoms with Gasteiger partial charge < -0.3 is 18.4 Å². The van der Waals surface area contributed by atoms with Gasteiger partial charge in [-0.1, -0.05) is 121 Å². The van der Waals surface area contributed by atoms with E-state index < -0.39 is 19.6 Å². The van der Waals surface area contributed by atoms with E-state index in [1.54, 1.807) is 12.1 Å². The Morgan fingerprint density at radius 1 is 0.726 bits per heavy atom. The molecule has 313 valence electrons. The van der Waals surface area contributed by atoms with E-state index in [1.807, 2.05) is 72.9 Å². The average Bonchev–Trinajstić information content (AvgIpc) is 4.03. The molecule has 0 N–H and O–H groups in total. The normalized spacial score (nSPS) is 13.6. The molecule has 0 amide bonds. The maximum Gasteiger partial charge on any atom is 0.192 e. The minimum Gasteiger partial charge on any atom is -0.498 e. The topological polar surface area (TPSA) is 69.9 Å². The molecule has 0 atom stereocenters. The Bertz CT molecular complexity index is 3390. The predicted octanol–water partition coefficient (Wildman–Crippen LogP) is 14.9. The van der Waals surface area contributed by atoms with E-state index in [0.717, 1.165) is 50.2 Å². The summed E-state index contributed by atoms with van der Waals surface area (Å²) in [7, 11) is 0. The monoisotopic (exact) mass is 997 g/mol. The third-order valence-corrected chi connectivity index (χ3v) is 11.2. The molecule has 6 aromatic carbocycles. The van der Waals surface area contributed by atoms with Crippen molar-refractivity contribution in [3.63, 3.8) is 0 Å². The van der Waals surface area contributed by atoms with Crippen LogP contribution in [0.2, 0.25) is 0 Å². The van der Waals surface area contributed by atoms with Crippen LogP contribution in [0.4, 0.5) is 0 Å². The molecule has 0 aliphatic heterocycles. The first-order valence-corrected chi connectivity index (χ1v) is 20.7. The largest absolute Gasteiger partial charge is 0.498 e. The van der Waals surface area contributed by atoms with Crippen LogP contribution in [0.5, 0.6) is 0 Å². The van der Waals surface area contributed by atoms with Crippen LogP contribution in [0.3, 0.4) is 0 Å². The van der Waals surface area contributed by atoms with Crippen LogP contribution in [0.1, 0.15) is 96.7 Å². The van der Waals surface area contributed by atoms with Crippen molar-refractivity contribution >= 4 is 44.1 Å². The number of oxazole rings is 1. The molecule has 10 aromatic rings. The van der Waals surface area contributed by atoms with E-state index in [-0.39, 0.29) is 65.2 Å². The van der Waals surface area contributed by atoms with Crippen molar-refractivity contribution in [2.24, 2.45) is 0 Å². The fraction of sp³-hybridized carbons (Fsp3) is 0.218. The first kappa shape index (κ1) is 35.5. The van der Waals surface area contributed by atoms with Crippen molar-refractivity contribution in [2.75, 3.05) is 0 Å². The molecule has 0 saturated heterocycles. The Labute approximate surface area is 385 Å². The maximum absolute atomic E-state index is 8.44. The molecule has 0 bridgehead atoms. The number of furan rings is 1. The van der Waals surface area contributed by atoms with E-state index >= 15 is 0 Å². The van der Waals surface area contributed by atoms with Crippen molar-refractivity contribution in [2.45, 2.75) is 79.4 Å². The SMILES string of the molecule is CC(C)(C)c1ccc(-c2[c-]cccc2)nc1.[2H]C([2H])([2H])c1nc2c(ccc3c2oc2c(-c4nc5ccccc5n4-c4c(C(C)C)cc(-c5ccccc5)cc4C(C)C)[c-]cc(C([2H])([2H])[2H])c23)o1.[Ir]. The predicted molar refractivity (Wildman–Crippen MR) is 250 cm³/mol. The third-order valence-electron chi connectivity index (χ3n) is 11.2. The number of nitrogens with zero attached hydrogens (tertiary/aromatic N) is 4. The van der Waals surface area contributed by atoms with Crippen LogP contribution >= 0.6 is 0 Å². The summed E-state index contributed by atoms with van der Waals surface area (Å²) in [5, 5.41) is 0.843. The first-order valence-electron chi connectivity index (χ1n) is 23.7. The average molecular weight is 997 g/mol. The molecule has 4 heterocycles. The second-order valence-corrected chi connectivity index (χ2v) is 17.1. The van der Waals surface area contributed by atoms with E-state index in [9.17, 15) is 0 Å². The minimum atomic E-state index is -2.58. The van der Waals surface area contributed by atoms with Crippen molar-refractivity contribution in [1.82, 2.24) is 19.5 Å². The molecule has 0 fully saturated rings. The summed E-state index contributed by atoms with van der Waals surface area (Å²) >= 11 is 0. The summed E-state index contributed by atoms with van der Waals surface area (Å²) in [6.45, 7) is 10.2. The fourth-order valence-corrected chi connectivity index (χ4v) is 8.02. The number of para-hydroxylation sites is 2. The molecule has 1 radical (unpaired) electrons. The molecule has 0 unspecified atom stereocenters. The number of imidazole rings is 1. The zero-order valence-corrected chi connectivity index (χ0v) is 38.1. The van der Waals surface area contributed by atoms with E-state index in [1.165, 1.54) is 11.6 Å². The molecule has 0 spiro atoms. The van der Waals surface area contributed by atoms with Crippen molar-refractivity contribution in [3.8, 4) is 39.5 Å². The number of rotatable bonds is 6. The van der Waals surface area contributed by atoms with Gasteiger partial charge in [-0.3, -0.25) is 4.98 Å². The molecule has 4 aromatic heterocycles. The Kier molecular flexibility index (Phi) is 9.70. The smallest absolute Gasteiger partial charge is 0.192 e. The number of hydrogen-bond acceptors (Lipinski definition) is 5. The van der Waals surface area contributed by atoms with Gasteiger partial charge in [-0.2, -0.15) is 0 Å². The van der Waals surface area contributed by atoms with Gasteiger partial charge in [-0.25, -0.2) is 4.98 Å². The second kappa shape index (κ2) is 17.0. The van der Waals surface area contributed by atoms with Gasteiger partial charge in [0.25, 0.3) is 0 Å². The second-order valence-electron chi connectivity index (χ2n) is 17.1. The number of benzene rings is 6. The van der Waals surface area contributed by atoms with Crippen LogP contribution < -0.4 is 0 Å². The van der Waals surface area contributed by atoms with Gasteiger partial charge in [-0.05, 0) is 87.2 Å². The molecule has 62 heavy (non-hydrogen) atoms. The van der Waals surface area contributed by atoms with Gasteiger partial charge in [0, 0.05) is 52.5 Å². The maximum atomic E-state index is 8.44. The zero-order chi connectivity index (χ0) is 47.6. The molecule has 0 aliphatic carbocycles. The zero-order valence-electron chi connectivity index (χ0n) is 41.7. The van der Waals surface area contributed by atoms with Gasteiger partial charge in [0.05, 0.1) is 22.4 Å². The summed E-state index contributed by atoms with van der Waals surface area (Å²) in [4.78, 5) is 14.0. The van der Waals surface area contributed by atoms with Gasteiger partial charge in [0.2, 0.25) is 0 Å². The van der Waals surface area contributed by atoms with Gasteiger partial charge in [-0.15, -0.1) is 53.6 Å². The van der Waals surface area contributed by atoms with Crippen LogP contribution in [-0.2, 0) is 25.5 Å². The van der Waals surface area contributed by atoms with Crippen LogP contribution in [0.15, 0.2) is 136 Å². The van der Waals surface area contributed by atoms with E-state index in [4.69, 9.17) is 22.0 Å². The molecular formula is C55H50IrN4O2-2. The van der Waals surface area contributed by atoms with Crippen LogP contribution in [-0.4, -0.2) is 19.5 Å². The Morgan fingerprint density at radius 2 is 1.47 bits per heavy atom. The van der Waals surface area contributed by atoms with Crippen LogP contribution in [0, 0.1) is 25.8 Å². The first-order chi connectivity index (χ1) is 31.8. The van der Waals surface area contributed by atoms with Gasteiger partial charge >= 0.3 is 0 Å².